The van der Waals surface area contributed by atoms with Crippen LogP contribution in [0.4, 0.5) is 0 Å². The Balaban J connectivity index is 3.22. The summed E-state index contributed by atoms with van der Waals surface area (Å²) in [6, 6.07) is 0. The normalized spacial score (nSPS) is 12.1. The zero-order valence-electron chi connectivity index (χ0n) is 30.2. The second kappa shape index (κ2) is 37.7. The van der Waals surface area contributed by atoms with Crippen LogP contribution in [0.25, 0.3) is 0 Å². The first-order valence-corrected chi connectivity index (χ1v) is 21.2. The van der Waals surface area contributed by atoms with E-state index in [1.807, 2.05) is 0 Å². The van der Waals surface area contributed by atoms with Gasteiger partial charge >= 0.3 is 11.9 Å². The molecule has 0 rings (SSSR count). The fourth-order valence-corrected chi connectivity index (χ4v) is 7.72. The van der Waals surface area contributed by atoms with E-state index in [1.54, 1.807) is 0 Å². The Labute approximate surface area is 285 Å². The highest BCUT2D eigenvalue weighted by atomic mass is 32.2. The van der Waals surface area contributed by atoms with Crippen molar-refractivity contribution in [2.45, 2.75) is 237 Å². The summed E-state index contributed by atoms with van der Waals surface area (Å²) in [5, 5.41) is 17.9. The van der Waals surface area contributed by atoms with Gasteiger partial charge in [-0.2, -0.15) is 11.8 Å². The summed E-state index contributed by atoms with van der Waals surface area (Å²) in [7, 11) is 0. The van der Waals surface area contributed by atoms with Crippen LogP contribution in [-0.4, -0.2) is 33.2 Å². The number of hydrogen-bond acceptors (Lipinski definition) is 3. The lowest BCUT2D eigenvalue weighted by Gasteiger charge is -2.13. The van der Waals surface area contributed by atoms with Gasteiger partial charge in [-0.1, -0.05) is 212 Å². The number of carboxylic acid groups (broad SMARTS) is 2. The molecule has 4 nitrogen and oxygen atoms in total. The lowest BCUT2D eigenvalue weighted by atomic mass is 10.0. The topological polar surface area (TPSA) is 74.6 Å². The van der Waals surface area contributed by atoms with Crippen molar-refractivity contribution in [3.8, 4) is 0 Å². The minimum Gasteiger partial charge on any atom is -0.481 e. The molecule has 5 heteroatoms. The second-order valence-electron chi connectivity index (χ2n) is 14.0. The van der Waals surface area contributed by atoms with Gasteiger partial charge in [0.1, 0.15) is 0 Å². The first-order chi connectivity index (χ1) is 22.1. The lowest BCUT2D eigenvalue weighted by molar-refractivity contribution is -0.137. The Morgan fingerprint density at radius 1 is 0.422 bits per heavy atom. The Hall–Kier alpha value is -0.710. The maximum absolute atomic E-state index is 11.1. The van der Waals surface area contributed by atoms with Crippen molar-refractivity contribution in [3.63, 3.8) is 0 Å². The molecule has 0 heterocycles. The summed E-state index contributed by atoms with van der Waals surface area (Å²) in [6.45, 7) is 2.30. The minimum absolute atomic E-state index is 0.0513. The number of carboxylic acids is 2. The number of unbranched alkanes of at least 4 members (excludes halogenated alkanes) is 31. The van der Waals surface area contributed by atoms with E-state index < -0.39 is 11.9 Å². The van der Waals surface area contributed by atoms with Crippen LogP contribution in [0, 0.1) is 0 Å². The molecule has 0 aromatic rings. The van der Waals surface area contributed by atoms with Crippen LogP contribution in [0.15, 0.2) is 0 Å². The molecule has 0 aliphatic carbocycles. The van der Waals surface area contributed by atoms with Crippen LogP contribution in [-0.2, 0) is 9.59 Å². The smallest absolute Gasteiger partial charge is 0.304 e. The van der Waals surface area contributed by atoms with Crippen molar-refractivity contribution in [1.82, 2.24) is 0 Å². The summed E-state index contributed by atoms with van der Waals surface area (Å²) < 4.78 is 0. The number of thioether (sulfide) groups is 1. The average Bonchev–Trinajstić information content (AvgIpc) is 3.01. The van der Waals surface area contributed by atoms with Crippen LogP contribution < -0.4 is 0 Å². The third-order valence-electron chi connectivity index (χ3n) is 9.45. The zero-order valence-corrected chi connectivity index (χ0v) is 31.0. The van der Waals surface area contributed by atoms with E-state index in [9.17, 15) is 9.59 Å². The number of aliphatic carboxylic acids is 2. The summed E-state index contributed by atoms with van der Waals surface area (Å²) in [5.41, 5.74) is 0. The van der Waals surface area contributed by atoms with Crippen molar-refractivity contribution in [2.75, 3.05) is 5.75 Å². The molecule has 1 atom stereocenters. The predicted octanol–water partition coefficient (Wildman–Crippen LogP) is 13.9. The molecule has 0 spiro atoms. The summed E-state index contributed by atoms with van der Waals surface area (Å²) in [4.78, 5) is 21.7. The molecule has 268 valence electrons. The Bertz CT molecular complexity index is 611. The molecule has 2 N–H and O–H groups in total. The van der Waals surface area contributed by atoms with E-state index in [-0.39, 0.29) is 18.1 Å². The van der Waals surface area contributed by atoms with E-state index in [0.717, 1.165) is 19.3 Å². The van der Waals surface area contributed by atoms with Gasteiger partial charge in [-0.15, -0.1) is 0 Å². The maximum Gasteiger partial charge on any atom is 0.304 e. The standard InChI is InChI=1S/C40H78O4S/c1-2-3-4-5-6-7-8-9-10-11-12-13-14-15-16-17-18-19-20-21-22-23-24-25-26-27-28-29-30-31-32-33-34-38(37-40(43)44)45-36-35-39(41)42/h38H,2-37H2,1H3,(H,41,42)(H,43,44). The molecular formula is C40H78O4S. The molecule has 45 heavy (non-hydrogen) atoms. The van der Waals surface area contributed by atoms with Crippen molar-refractivity contribution in [1.29, 1.82) is 0 Å². The van der Waals surface area contributed by atoms with E-state index in [1.165, 1.54) is 204 Å². The van der Waals surface area contributed by atoms with Crippen molar-refractivity contribution < 1.29 is 19.8 Å². The first kappa shape index (κ1) is 44.3. The monoisotopic (exact) mass is 655 g/mol. The number of carbonyl (C=O) groups is 2. The quantitative estimate of drug-likeness (QED) is 0.0645. The van der Waals surface area contributed by atoms with Gasteiger partial charge in [-0.05, 0) is 6.42 Å². The molecule has 0 bridgehead atoms. The highest BCUT2D eigenvalue weighted by Crippen LogP contribution is 2.23. The molecule has 0 saturated carbocycles. The van der Waals surface area contributed by atoms with Gasteiger partial charge in [0, 0.05) is 11.0 Å². The molecule has 0 aliphatic heterocycles. The van der Waals surface area contributed by atoms with Crippen molar-refractivity contribution >= 4 is 23.7 Å². The van der Waals surface area contributed by atoms with Gasteiger partial charge in [-0.3, -0.25) is 9.59 Å². The Morgan fingerprint density at radius 3 is 0.933 bits per heavy atom. The Kier molecular flexibility index (Phi) is 37.1. The van der Waals surface area contributed by atoms with Crippen LogP contribution in [0.2, 0.25) is 0 Å². The van der Waals surface area contributed by atoms with Crippen molar-refractivity contribution in [2.24, 2.45) is 0 Å². The second-order valence-corrected chi connectivity index (χ2v) is 15.4. The molecule has 0 saturated heterocycles. The molecule has 0 aromatic carbocycles. The zero-order chi connectivity index (χ0) is 32.9. The molecule has 0 aromatic heterocycles. The van der Waals surface area contributed by atoms with E-state index >= 15 is 0 Å². The number of hydrogen-bond donors (Lipinski definition) is 2. The van der Waals surface area contributed by atoms with Crippen LogP contribution in [0.3, 0.4) is 0 Å². The van der Waals surface area contributed by atoms with Gasteiger partial charge < -0.3 is 10.2 Å². The maximum atomic E-state index is 11.1. The first-order valence-electron chi connectivity index (χ1n) is 20.1. The van der Waals surface area contributed by atoms with E-state index in [2.05, 4.69) is 6.92 Å². The average molecular weight is 655 g/mol. The van der Waals surface area contributed by atoms with Gasteiger partial charge in [0.2, 0.25) is 0 Å². The SMILES string of the molecule is CCCCCCCCCCCCCCCCCCCCCCCCCCCCCCCCCCC(CC(=O)O)SCCC(=O)O. The third-order valence-corrected chi connectivity index (χ3v) is 10.8. The molecule has 1 unspecified atom stereocenters. The molecule has 0 fully saturated rings. The fraction of sp³-hybridized carbons (Fsp3) is 0.950. The van der Waals surface area contributed by atoms with E-state index in [4.69, 9.17) is 10.2 Å². The van der Waals surface area contributed by atoms with Gasteiger partial charge in [0.05, 0.1) is 12.8 Å². The van der Waals surface area contributed by atoms with Crippen LogP contribution in [0.5, 0.6) is 0 Å². The summed E-state index contributed by atoms with van der Waals surface area (Å²) >= 11 is 1.51. The van der Waals surface area contributed by atoms with Gasteiger partial charge in [0.25, 0.3) is 0 Å². The lowest BCUT2D eigenvalue weighted by Crippen LogP contribution is -2.11. The molecular weight excluding hydrogens is 577 g/mol. The summed E-state index contributed by atoms with van der Waals surface area (Å²) in [5.74, 6) is -1.08. The largest absolute Gasteiger partial charge is 0.481 e. The Morgan fingerprint density at radius 2 is 0.689 bits per heavy atom. The molecule has 0 amide bonds. The molecule has 0 aliphatic rings. The minimum atomic E-state index is -0.808. The third kappa shape index (κ3) is 39.4. The highest BCUT2D eigenvalue weighted by Gasteiger charge is 2.14. The van der Waals surface area contributed by atoms with Crippen LogP contribution >= 0.6 is 11.8 Å². The van der Waals surface area contributed by atoms with Crippen LogP contribution in [0.1, 0.15) is 232 Å². The molecule has 0 radical (unpaired) electrons. The van der Waals surface area contributed by atoms with Gasteiger partial charge in [-0.25, -0.2) is 0 Å². The van der Waals surface area contributed by atoms with Gasteiger partial charge in [0.15, 0.2) is 0 Å². The predicted molar refractivity (Wildman–Crippen MR) is 199 cm³/mol. The van der Waals surface area contributed by atoms with Crippen molar-refractivity contribution in [3.05, 3.63) is 0 Å². The summed E-state index contributed by atoms with van der Waals surface area (Å²) in [6.07, 6.45) is 46.1. The highest BCUT2D eigenvalue weighted by molar-refractivity contribution is 7.99. The van der Waals surface area contributed by atoms with E-state index in [0.29, 0.717) is 5.75 Å². The fourth-order valence-electron chi connectivity index (χ4n) is 6.50. The number of rotatable bonds is 39.